The van der Waals surface area contributed by atoms with E-state index in [1.165, 1.54) is 10.9 Å². The van der Waals surface area contributed by atoms with Crippen LogP contribution in [0.15, 0.2) is 48.9 Å². The van der Waals surface area contributed by atoms with Crippen molar-refractivity contribution in [3.8, 4) is 5.82 Å². The number of carbonyl (C=O) groups is 1. The highest BCUT2D eigenvalue weighted by Crippen LogP contribution is 2.23. The molecule has 0 unspecified atom stereocenters. The highest BCUT2D eigenvalue weighted by molar-refractivity contribution is 5.75. The van der Waals surface area contributed by atoms with Crippen LogP contribution < -0.4 is 15.5 Å². The van der Waals surface area contributed by atoms with Gasteiger partial charge in [0, 0.05) is 61.6 Å². The molecule has 5 heterocycles. The van der Waals surface area contributed by atoms with E-state index < -0.39 is 5.82 Å². The number of hydrogen-bond donors (Lipinski definition) is 3. The lowest BCUT2D eigenvalue weighted by Crippen LogP contribution is -2.52. The predicted octanol–water partition coefficient (Wildman–Crippen LogP) is 3.48. The predicted molar refractivity (Wildman–Crippen MR) is 138 cm³/mol. The van der Waals surface area contributed by atoms with Crippen LogP contribution in [-0.2, 0) is 0 Å². The highest BCUT2D eigenvalue weighted by Gasteiger charge is 2.23. The standard InChI is InChI=1S/C25H29FN10O/c1-16-10-21(12-22(29-16)31-23-11-17(2)32-33-23)34-6-8-35(9-7-34)25(37)30-18(3)19-4-5-24(27-13-19)36-15-20(26)14-28-36/h4-5,10-15,18H,6-9H2,1-3H3,(H,30,37)(H2,29,31,32,33)/t18-/m0/s1. The molecule has 1 saturated heterocycles. The van der Waals surface area contributed by atoms with Crippen molar-refractivity contribution < 1.29 is 9.18 Å². The van der Waals surface area contributed by atoms with E-state index in [2.05, 4.69) is 40.8 Å². The molecule has 1 atom stereocenters. The third-order valence-corrected chi connectivity index (χ3v) is 6.23. The number of nitrogens with zero attached hydrogens (tertiary/aromatic N) is 7. The first-order valence-corrected chi connectivity index (χ1v) is 12.1. The van der Waals surface area contributed by atoms with Crippen molar-refractivity contribution in [2.45, 2.75) is 26.8 Å². The molecule has 2 amide bonds. The number of hydrogen-bond acceptors (Lipinski definition) is 7. The molecule has 192 valence electrons. The fraction of sp³-hybridized carbons (Fsp3) is 0.320. The van der Waals surface area contributed by atoms with E-state index >= 15 is 0 Å². The molecule has 11 nitrogen and oxygen atoms in total. The Hall–Kier alpha value is -4.48. The summed E-state index contributed by atoms with van der Waals surface area (Å²) >= 11 is 0. The molecule has 0 aliphatic carbocycles. The van der Waals surface area contributed by atoms with Crippen LogP contribution in [0.5, 0.6) is 0 Å². The van der Waals surface area contributed by atoms with Crippen LogP contribution in [-0.4, -0.2) is 67.1 Å². The van der Waals surface area contributed by atoms with Gasteiger partial charge in [0.1, 0.15) is 5.82 Å². The van der Waals surface area contributed by atoms with E-state index in [-0.39, 0.29) is 12.1 Å². The summed E-state index contributed by atoms with van der Waals surface area (Å²) in [7, 11) is 0. The van der Waals surface area contributed by atoms with E-state index in [1.807, 2.05) is 49.9 Å². The third kappa shape index (κ3) is 5.68. The number of nitrogens with one attached hydrogen (secondary N) is 3. The largest absolute Gasteiger partial charge is 0.368 e. The Morgan fingerprint density at radius 3 is 2.54 bits per heavy atom. The van der Waals surface area contributed by atoms with E-state index in [0.29, 0.717) is 32.0 Å². The number of piperazine rings is 1. The van der Waals surface area contributed by atoms with E-state index in [9.17, 15) is 9.18 Å². The van der Waals surface area contributed by atoms with Gasteiger partial charge in [0.2, 0.25) is 0 Å². The topological polar surface area (TPSA) is 120 Å². The number of anilines is 3. The summed E-state index contributed by atoms with van der Waals surface area (Å²) < 4.78 is 14.6. The summed E-state index contributed by atoms with van der Waals surface area (Å²) in [5.41, 5.74) is 3.78. The second kappa shape index (κ2) is 10.2. The summed E-state index contributed by atoms with van der Waals surface area (Å²) in [6, 6.07) is 9.22. The van der Waals surface area contributed by atoms with E-state index in [0.717, 1.165) is 40.5 Å². The molecule has 0 aromatic carbocycles. The summed E-state index contributed by atoms with van der Waals surface area (Å²) in [5, 5.41) is 17.3. The number of H-pyrrole nitrogens is 1. The molecule has 1 fully saturated rings. The number of pyridine rings is 2. The van der Waals surface area contributed by atoms with Crippen molar-refractivity contribution in [3.05, 3.63) is 71.7 Å². The lowest BCUT2D eigenvalue weighted by atomic mass is 10.1. The van der Waals surface area contributed by atoms with Gasteiger partial charge in [-0.3, -0.25) is 5.10 Å². The summed E-state index contributed by atoms with van der Waals surface area (Å²) in [4.78, 5) is 25.9. The van der Waals surface area contributed by atoms with Gasteiger partial charge >= 0.3 is 6.03 Å². The van der Waals surface area contributed by atoms with Gasteiger partial charge in [-0.2, -0.15) is 10.2 Å². The number of halogens is 1. The molecular weight excluding hydrogens is 475 g/mol. The van der Waals surface area contributed by atoms with Crippen molar-refractivity contribution >= 4 is 23.4 Å². The SMILES string of the molecule is Cc1cc(N2CCN(C(=O)N[C@@H](C)c3ccc(-n4cc(F)cn4)nc3)CC2)cc(Nc2cc(C)[nH]n2)n1. The van der Waals surface area contributed by atoms with Crippen molar-refractivity contribution in [2.24, 2.45) is 0 Å². The minimum Gasteiger partial charge on any atom is -0.368 e. The number of aromatic nitrogens is 6. The molecule has 0 spiro atoms. The number of amides is 2. The summed E-state index contributed by atoms with van der Waals surface area (Å²) in [6.07, 6.45) is 4.06. The molecule has 1 aliphatic rings. The lowest BCUT2D eigenvalue weighted by Gasteiger charge is -2.36. The van der Waals surface area contributed by atoms with Crippen molar-refractivity contribution in [1.29, 1.82) is 0 Å². The van der Waals surface area contributed by atoms with Gasteiger partial charge < -0.3 is 20.4 Å². The lowest BCUT2D eigenvalue weighted by molar-refractivity contribution is 0.191. The normalized spacial score (nSPS) is 14.5. The van der Waals surface area contributed by atoms with Crippen LogP contribution >= 0.6 is 0 Å². The second-order valence-electron chi connectivity index (χ2n) is 9.11. The average Bonchev–Trinajstić information content (AvgIpc) is 3.51. The van der Waals surface area contributed by atoms with Gasteiger partial charge in [-0.1, -0.05) is 6.07 Å². The average molecular weight is 505 g/mol. The minimum atomic E-state index is -0.424. The zero-order valence-corrected chi connectivity index (χ0v) is 20.9. The number of urea groups is 1. The van der Waals surface area contributed by atoms with Gasteiger partial charge in [-0.15, -0.1) is 0 Å². The first-order chi connectivity index (χ1) is 17.8. The van der Waals surface area contributed by atoms with Crippen LogP contribution in [0.25, 0.3) is 5.82 Å². The Morgan fingerprint density at radius 2 is 1.89 bits per heavy atom. The van der Waals surface area contributed by atoms with Crippen molar-refractivity contribution in [3.63, 3.8) is 0 Å². The number of aryl methyl sites for hydroxylation is 2. The number of carbonyl (C=O) groups excluding carboxylic acids is 1. The van der Waals surface area contributed by atoms with Gasteiger partial charge in [0.25, 0.3) is 0 Å². The van der Waals surface area contributed by atoms with Crippen molar-refractivity contribution in [1.82, 2.24) is 40.2 Å². The van der Waals surface area contributed by atoms with E-state index in [4.69, 9.17) is 0 Å². The summed E-state index contributed by atoms with van der Waals surface area (Å²) in [5.74, 6) is 1.53. The molecule has 37 heavy (non-hydrogen) atoms. The Labute approximate surface area is 213 Å². The smallest absolute Gasteiger partial charge is 0.317 e. The molecule has 1 aliphatic heterocycles. The number of aromatic amines is 1. The molecule has 3 N–H and O–H groups in total. The molecule has 0 saturated carbocycles. The van der Waals surface area contributed by atoms with Crippen LogP contribution in [0.3, 0.4) is 0 Å². The van der Waals surface area contributed by atoms with Gasteiger partial charge in [-0.05, 0) is 38.5 Å². The van der Waals surface area contributed by atoms with Gasteiger partial charge in [0.15, 0.2) is 17.5 Å². The molecule has 4 aromatic rings. The third-order valence-electron chi connectivity index (χ3n) is 6.23. The Morgan fingerprint density at radius 1 is 1.08 bits per heavy atom. The van der Waals surface area contributed by atoms with Gasteiger partial charge in [0.05, 0.1) is 18.4 Å². The maximum Gasteiger partial charge on any atom is 0.317 e. The van der Waals surface area contributed by atoms with Crippen LogP contribution in [0.1, 0.15) is 29.9 Å². The van der Waals surface area contributed by atoms with Crippen LogP contribution in [0.2, 0.25) is 0 Å². The fourth-order valence-electron chi connectivity index (χ4n) is 4.25. The molecule has 5 rings (SSSR count). The highest BCUT2D eigenvalue weighted by atomic mass is 19.1. The monoisotopic (exact) mass is 504 g/mol. The quantitative estimate of drug-likeness (QED) is 0.368. The fourth-order valence-corrected chi connectivity index (χ4v) is 4.25. The minimum absolute atomic E-state index is 0.118. The Balaban J connectivity index is 1.16. The second-order valence-corrected chi connectivity index (χ2v) is 9.11. The van der Waals surface area contributed by atoms with Crippen LogP contribution in [0.4, 0.5) is 26.5 Å². The molecule has 0 bridgehead atoms. The maximum absolute atomic E-state index is 13.2. The molecular formula is C25H29FN10O. The maximum atomic E-state index is 13.2. The number of rotatable bonds is 6. The van der Waals surface area contributed by atoms with Crippen molar-refractivity contribution in [2.75, 3.05) is 36.4 Å². The van der Waals surface area contributed by atoms with E-state index in [1.54, 1.807) is 12.3 Å². The molecule has 4 aromatic heterocycles. The Bertz CT molecular complexity index is 1370. The van der Waals surface area contributed by atoms with Crippen LogP contribution in [0, 0.1) is 19.7 Å². The zero-order chi connectivity index (χ0) is 25.9. The molecule has 12 heteroatoms. The molecule has 0 radical (unpaired) electrons. The zero-order valence-electron chi connectivity index (χ0n) is 20.9. The first kappa shape index (κ1) is 24.2. The van der Waals surface area contributed by atoms with Gasteiger partial charge in [-0.25, -0.2) is 23.8 Å². The summed E-state index contributed by atoms with van der Waals surface area (Å²) in [6.45, 7) is 8.44. The Kier molecular flexibility index (Phi) is 6.71. The first-order valence-electron chi connectivity index (χ1n) is 12.1.